The van der Waals surface area contributed by atoms with Gasteiger partial charge in [-0.1, -0.05) is 38.2 Å². The van der Waals surface area contributed by atoms with E-state index in [1.807, 2.05) is 0 Å². The van der Waals surface area contributed by atoms with Crippen molar-refractivity contribution in [1.82, 2.24) is 0 Å². The number of carboxylic acids is 1. The second kappa shape index (κ2) is 4.96. The zero-order valence-corrected chi connectivity index (χ0v) is 7.33. The maximum absolute atomic E-state index is 10.2. The normalized spacial score (nSPS) is 20.0. The van der Waals surface area contributed by atoms with Crippen LogP contribution in [0.2, 0.25) is 0 Å². The van der Waals surface area contributed by atoms with Gasteiger partial charge in [-0.3, -0.25) is 0 Å². The van der Waals surface area contributed by atoms with E-state index in [-0.39, 0.29) is 0 Å². The minimum atomic E-state index is -0.828. The SMILES string of the molecule is O=C(O)C=CCC1CCCCC1. The van der Waals surface area contributed by atoms with Crippen molar-refractivity contribution in [2.45, 2.75) is 38.5 Å². The minimum absolute atomic E-state index is 0.745. The van der Waals surface area contributed by atoms with Crippen LogP contribution >= 0.6 is 0 Å². The highest BCUT2D eigenvalue weighted by molar-refractivity contribution is 5.79. The summed E-state index contributed by atoms with van der Waals surface area (Å²) in [6.07, 6.45) is 10.6. The van der Waals surface area contributed by atoms with Crippen LogP contribution in [-0.2, 0) is 4.79 Å². The maximum Gasteiger partial charge on any atom is 0.327 e. The van der Waals surface area contributed by atoms with Crippen molar-refractivity contribution in [2.24, 2.45) is 5.92 Å². The molecule has 68 valence electrons. The van der Waals surface area contributed by atoms with Crippen molar-refractivity contribution < 1.29 is 9.90 Å². The van der Waals surface area contributed by atoms with Crippen molar-refractivity contribution in [3.8, 4) is 0 Å². The minimum Gasteiger partial charge on any atom is -0.478 e. The van der Waals surface area contributed by atoms with Crippen LogP contribution in [0, 0.1) is 5.92 Å². The summed E-state index contributed by atoms with van der Waals surface area (Å²) in [7, 11) is 0. The quantitative estimate of drug-likeness (QED) is 0.658. The van der Waals surface area contributed by atoms with Gasteiger partial charge in [0.15, 0.2) is 0 Å². The lowest BCUT2D eigenvalue weighted by Crippen LogP contribution is -2.04. The van der Waals surface area contributed by atoms with Gasteiger partial charge in [0.2, 0.25) is 0 Å². The molecule has 1 rings (SSSR count). The van der Waals surface area contributed by atoms with Crippen molar-refractivity contribution in [3.63, 3.8) is 0 Å². The Kier molecular flexibility index (Phi) is 3.85. The fourth-order valence-corrected chi connectivity index (χ4v) is 1.78. The highest BCUT2D eigenvalue weighted by Gasteiger charge is 2.11. The largest absolute Gasteiger partial charge is 0.478 e. The van der Waals surface area contributed by atoms with Gasteiger partial charge in [0.25, 0.3) is 0 Å². The molecule has 1 saturated carbocycles. The van der Waals surface area contributed by atoms with E-state index in [0.29, 0.717) is 0 Å². The van der Waals surface area contributed by atoms with E-state index in [9.17, 15) is 4.79 Å². The molecule has 0 amide bonds. The Labute approximate surface area is 73.3 Å². The molecule has 0 aromatic carbocycles. The number of carbonyl (C=O) groups is 1. The molecule has 2 heteroatoms. The molecule has 1 aliphatic carbocycles. The van der Waals surface area contributed by atoms with Crippen LogP contribution in [0.1, 0.15) is 38.5 Å². The standard InChI is InChI=1S/C10H16O2/c11-10(12)8-4-7-9-5-2-1-3-6-9/h4,8-9H,1-3,5-7H2,(H,11,12). The zero-order valence-electron chi connectivity index (χ0n) is 7.33. The molecule has 0 bridgehead atoms. The smallest absolute Gasteiger partial charge is 0.327 e. The van der Waals surface area contributed by atoms with Gasteiger partial charge in [-0.05, 0) is 12.3 Å². The molecule has 2 nitrogen and oxygen atoms in total. The molecular weight excluding hydrogens is 152 g/mol. The van der Waals surface area contributed by atoms with E-state index >= 15 is 0 Å². The molecule has 0 spiro atoms. The number of allylic oxidation sites excluding steroid dienone is 1. The first-order valence-electron chi connectivity index (χ1n) is 4.68. The van der Waals surface area contributed by atoms with Crippen molar-refractivity contribution in [2.75, 3.05) is 0 Å². The summed E-state index contributed by atoms with van der Waals surface area (Å²) in [5, 5.41) is 8.36. The molecule has 0 unspecified atom stereocenters. The average Bonchev–Trinajstić information content (AvgIpc) is 2.05. The molecule has 0 aliphatic heterocycles. The van der Waals surface area contributed by atoms with Crippen molar-refractivity contribution in [3.05, 3.63) is 12.2 Å². The van der Waals surface area contributed by atoms with Gasteiger partial charge in [0.05, 0.1) is 0 Å². The van der Waals surface area contributed by atoms with Crippen molar-refractivity contribution >= 4 is 5.97 Å². The first-order valence-corrected chi connectivity index (χ1v) is 4.68. The van der Waals surface area contributed by atoms with E-state index in [2.05, 4.69) is 0 Å². The Bertz CT molecular complexity index is 167. The molecule has 0 saturated heterocycles. The molecule has 1 fully saturated rings. The highest BCUT2D eigenvalue weighted by Crippen LogP contribution is 2.26. The van der Waals surface area contributed by atoms with Gasteiger partial charge in [-0.25, -0.2) is 4.79 Å². The number of aliphatic carboxylic acids is 1. The molecule has 0 atom stereocenters. The van der Waals surface area contributed by atoms with Crippen LogP contribution in [0.25, 0.3) is 0 Å². The lowest BCUT2D eigenvalue weighted by Gasteiger charge is -2.19. The predicted octanol–water partition coefficient (Wildman–Crippen LogP) is 2.60. The first kappa shape index (κ1) is 9.30. The fraction of sp³-hybridized carbons (Fsp3) is 0.700. The topological polar surface area (TPSA) is 37.3 Å². The number of carboxylic acid groups (broad SMARTS) is 1. The molecule has 1 N–H and O–H groups in total. The first-order chi connectivity index (χ1) is 5.79. The zero-order chi connectivity index (χ0) is 8.81. The predicted molar refractivity (Wildman–Crippen MR) is 48.0 cm³/mol. The summed E-state index contributed by atoms with van der Waals surface area (Å²) in [5.74, 6) is -0.0832. The van der Waals surface area contributed by atoms with Gasteiger partial charge in [-0.2, -0.15) is 0 Å². The molecule has 0 radical (unpaired) electrons. The summed E-state index contributed by atoms with van der Waals surface area (Å²) in [4.78, 5) is 10.2. The second-order valence-corrected chi connectivity index (χ2v) is 3.48. The van der Waals surface area contributed by atoms with E-state index in [1.165, 1.54) is 38.2 Å². The van der Waals surface area contributed by atoms with E-state index in [4.69, 9.17) is 5.11 Å². The molecule has 0 aromatic rings. The Morgan fingerprint density at radius 2 is 2.00 bits per heavy atom. The lowest BCUT2D eigenvalue weighted by molar-refractivity contribution is -0.131. The van der Waals surface area contributed by atoms with E-state index in [1.54, 1.807) is 6.08 Å². The van der Waals surface area contributed by atoms with Crippen LogP contribution in [-0.4, -0.2) is 11.1 Å². The molecule has 0 aromatic heterocycles. The maximum atomic E-state index is 10.2. The van der Waals surface area contributed by atoms with E-state index in [0.717, 1.165) is 12.3 Å². The third kappa shape index (κ3) is 3.56. The summed E-state index contributed by atoms with van der Waals surface area (Å²) >= 11 is 0. The third-order valence-corrected chi connectivity index (χ3v) is 2.45. The summed E-state index contributed by atoms with van der Waals surface area (Å²) in [5.41, 5.74) is 0. The Morgan fingerprint density at radius 1 is 1.33 bits per heavy atom. The second-order valence-electron chi connectivity index (χ2n) is 3.48. The fourth-order valence-electron chi connectivity index (χ4n) is 1.78. The third-order valence-electron chi connectivity index (χ3n) is 2.45. The van der Waals surface area contributed by atoms with Crippen LogP contribution < -0.4 is 0 Å². The van der Waals surface area contributed by atoms with Crippen LogP contribution in [0.4, 0.5) is 0 Å². The number of hydrogen-bond acceptors (Lipinski definition) is 1. The van der Waals surface area contributed by atoms with Gasteiger partial charge in [0.1, 0.15) is 0 Å². The van der Waals surface area contributed by atoms with E-state index < -0.39 is 5.97 Å². The van der Waals surface area contributed by atoms with Gasteiger partial charge in [-0.15, -0.1) is 0 Å². The number of hydrogen-bond donors (Lipinski definition) is 1. The summed E-state index contributed by atoms with van der Waals surface area (Å²) < 4.78 is 0. The average molecular weight is 168 g/mol. The summed E-state index contributed by atoms with van der Waals surface area (Å²) in [6, 6.07) is 0. The van der Waals surface area contributed by atoms with Crippen LogP contribution in [0.15, 0.2) is 12.2 Å². The van der Waals surface area contributed by atoms with Gasteiger partial charge < -0.3 is 5.11 Å². The van der Waals surface area contributed by atoms with Gasteiger partial charge in [0, 0.05) is 6.08 Å². The molecule has 0 heterocycles. The Hall–Kier alpha value is -0.790. The lowest BCUT2D eigenvalue weighted by atomic mass is 9.87. The van der Waals surface area contributed by atoms with Crippen LogP contribution in [0.5, 0.6) is 0 Å². The summed E-state index contributed by atoms with van der Waals surface area (Å²) in [6.45, 7) is 0. The molecule has 12 heavy (non-hydrogen) atoms. The molecule has 1 aliphatic rings. The number of rotatable bonds is 3. The highest BCUT2D eigenvalue weighted by atomic mass is 16.4. The Balaban J connectivity index is 2.17. The molecular formula is C10H16O2. The van der Waals surface area contributed by atoms with Crippen molar-refractivity contribution in [1.29, 1.82) is 0 Å². The monoisotopic (exact) mass is 168 g/mol. The van der Waals surface area contributed by atoms with Gasteiger partial charge >= 0.3 is 5.97 Å². The Morgan fingerprint density at radius 3 is 2.58 bits per heavy atom. The van der Waals surface area contributed by atoms with Crippen LogP contribution in [0.3, 0.4) is 0 Å².